The van der Waals surface area contributed by atoms with Gasteiger partial charge in [0, 0.05) is 33.7 Å². The summed E-state index contributed by atoms with van der Waals surface area (Å²) in [7, 11) is -0.633. The molecule has 5 heteroatoms. The molecule has 1 fully saturated rings. The third-order valence-electron chi connectivity index (χ3n) is 2.01. The van der Waals surface area contributed by atoms with E-state index in [0.29, 0.717) is 6.04 Å². The second-order valence-electron chi connectivity index (χ2n) is 2.96. The van der Waals surface area contributed by atoms with Gasteiger partial charge in [0.05, 0.1) is 9.83 Å². The van der Waals surface area contributed by atoms with E-state index in [2.05, 4.69) is 27.3 Å². The number of hydrogen-bond acceptors (Lipinski definition) is 3. The van der Waals surface area contributed by atoms with Crippen molar-refractivity contribution in [3.8, 4) is 0 Å². The Kier molecular flexibility index (Phi) is 3.18. The summed E-state index contributed by atoms with van der Waals surface area (Å²) in [6.07, 6.45) is 0. The largest absolute Gasteiger partial charge is 0.308 e. The van der Waals surface area contributed by atoms with Crippen molar-refractivity contribution in [2.24, 2.45) is 0 Å². The Morgan fingerprint density at radius 1 is 1.62 bits per heavy atom. The first kappa shape index (κ1) is 9.83. The van der Waals surface area contributed by atoms with Crippen molar-refractivity contribution in [1.29, 1.82) is 0 Å². The summed E-state index contributed by atoms with van der Waals surface area (Å²) in [5.74, 6) is 1.55. The zero-order valence-electron chi connectivity index (χ0n) is 6.96. The van der Waals surface area contributed by atoms with E-state index < -0.39 is 10.8 Å². The molecule has 0 aromatic carbocycles. The van der Waals surface area contributed by atoms with E-state index in [1.54, 1.807) is 11.3 Å². The Labute approximate surface area is 92.3 Å². The molecule has 0 aliphatic carbocycles. The Hall–Kier alpha value is 0.290. The summed E-state index contributed by atoms with van der Waals surface area (Å²) in [4.78, 5) is 1.28. The Bertz CT molecular complexity index is 326. The molecule has 0 bridgehead atoms. The van der Waals surface area contributed by atoms with Gasteiger partial charge in [0.15, 0.2) is 0 Å². The highest BCUT2D eigenvalue weighted by Gasteiger charge is 2.20. The quantitative estimate of drug-likeness (QED) is 0.851. The Morgan fingerprint density at radius 2 is 2.46 bits per heavy atom. The fourth-order valence-electron chi connectivity index (χ4n) is 1.37. The third kappa shape index (κ3) is 2.40. The number of halogens is 1. The van der Waals surface area contributed by atoms with Crippen LogP contribution in [0.3, 0.4) is 0 Å². The summed E-state index contributed by atoms with van der Waals surface area (Å²) < 4.78 is 12.5. The SMILES string of the molecule is O=S1CCNC(c2ccc(Br)s2)C1. The molecule has 1 aliphatic heterocycles. The van der Waals surface area contributed by atoms with E-state index in [1.165, 1.54) is 4.88 Å². The monoisotopic (exact) mass is 279 g/mol. The molecule has 1 aromatic heterocycles. The summed E-state index contributed by atoms with van der Waals surface area (Å²) >= 11 is 5.14. The fourth-order valence-corrected chi connectivity index (χ4v) is 4.16. The lowest BCUT2D eigenvalue weighted by Crippen LogP contribution is -2.35. The Morgan fingerprint density at radius 3 is 3.08 bits per heavy atom. The lowest BCUT2D eigenvalue weighted by Gasteiger charge is -2.21. The molecule has 1 aromatic rings. The molecule has 0 spiro atoms. The maximum Gasteiger partial charge on any atom is 0.0701 e. The molecule has 2 nitrogen and oxygen atoms in total. The molecule has 1 N–H and O–H groups in total. The molecule has 2 unspecified atom stereocenters. The lowest BCUT2D eigenvalue weighted by atomic mass is 10.3. The zero-order valence-corrected chi connectivity index (χ0v) is 10.2. The summed E-state index contributed by atoms with van der Waals surface area (Å²) in [6.45, 7) is 0.868. The van der Waals surface area contributed by atoms with Crippen molar-refractivity contribution in [2.75, 3.05) is 18.1 Å². The summed E-state index contributed by atoms with van der Waals surface area (Å²) in [6, 6.07) is 4.43. The van der Waals surface area contributed by atoms with Crippen molar-refractivity contribution in [3.05, 3.63) is 20.8 Å². The average molecular weight is 280 g/mol. The van der Waals surface area contributed by atoms with Crippen molar-refractivity contribution < 1.29 is 4.21 Å². The van der Waals surface area contributed by atoms with E-state index in [0.717, 1.165) is 21.8 Å². The van der Waals surface area contributed by atoms with Crippen LogP contribution >= 0.6 is 27.3 Å². The first-order valence-electron chi connectivity index (χ1n) is 4.09. The van der Waals surface area contributed by atoms with Crippen molar-refractivity contribution in [2.45, 2.75) is 6.04 Å². The van der Waals surface area contributed by atoms with Crippen LogP contribution in [-0.2, 0) is 10.8 Å². The van der Waals surface area contributed by atoms with Crippen LogP contribution in [0, 0.1) is 0 Å². The molecular weight excluding hydrogens is 270 g/mol. The molecule has 1 aliphatic rings. The highest BCUT2D eigenvalue weighted by Crippen LogP contribution is 2.28. The van der Waals surface area contributed by atoms with Crippen LogP contribution in [0.2, 0.25) is 0 Å². The minimum atomic E-state index is -0.633. The van der Waals surface area contributed by atoms with Crippen molar-refractivity contribution in [1.82, 2.24) is 5.32 Å². The van der Waals surface area contributed by atoms with Gasteiger partial charge in [-0.1, -0.05) is 0 Å². The minimum Gasteiger partial charge on any atom is -0.308 e. The van der Waals surface area contributed by atoms with E-state index in [9.17, 15) is 4.21 Å². The highest BCUT2D eigenvalue weighted by molar-refractivity contribution is 9.11. The van der Waals surface area contributed by atoms with Gasteiger partial charge in [-0.25, -0.2) is 0 Å². The predicted octanol–water partition coefficient (Wildman–Crippen LogP) is 1.90. The molecular formula is C8H10BrNOS2. The maximum atomic E-state index is 11.3. The van der Waals surface area contributed by atoms with Gasteiger partial charge in [-0.2, -0.15) is 0 Å². The molecule has 1 saturated heterocycles. The zero-order chi connectivity index (χ0) is 9.26. The Balaban J connectivity index is 2.12. The van der Waals surface area contributed by atoms with Crippen molar-refractivity contribution in [3.63, 3.8) is 0 Å². The lowest BCUT2D eigenvalue weighted by molar-refractivity contribution is 0.579. The smallest absolute Gasteiger partial charge is 0.0701 e. The summed E-state index contributed by atoms with van der Waals surface area (Å²) in [5.41, 5.74) is 0. The molecule has 2 rings (SSSR count). The first-order valence-corrected chi connectivity index (χ1v) is 7.19. The van der Waals surface area contributed by atoms with Crippen molar-refractivity contribution >= 4 is 38.1 Å². The molecule has 0 radical (unpaired) electrons. The maximum absolute atomic E-state index is 11.3. The third-order valence-corrected chi connectivity index (χ3v) is 5.11. The molecule has 0 amide bonds. The second-order valence-corrected chi connectivity index (χ2v) is 7.08. The van der Waals surface area contributed by atoms with Gasteiger partial charge in [0.25, 0.3) is 0 Å². The van der Waals surface area contributed by atoms with Crippen LogP contribution in [-0.4, -0.2) is 22.3 Å². The number of thiophene rings is 1. The minimum absolute atomic E-state index is 0.297. The van der Waals surface area contributed by atoms with Crippen LogP contribution in [0.5, 0.6) is 0 Å². The van der Waals surface area contributed by atoms with E-state index in [-0.39, 0.29) is 0 Å². The molecule has 2 heterocycles. The molecule has 72 valence electrons. The standard InChI is InChI=1S/C8H10BrNOS2/c9-8-2-1-7(12-8)6-5-13(11)4-3-10-6/h1-2,6,10H,3-5H2. The number of rotatable bonds is 1. The average Bonchev–Trinajstić information content (AvgIpc) is 2.52. The van der Waals surface area contributed by atoms with Crippen LogP contribution < -0.4 is 5.32 Å². The number of nitrogens with one attached hydrogen (secondary N) is 1. The topological polar surface area (TPSA) is 29.1 Å². The predicted molar refractivity (Wildman–Crippen MR) is 60.6 cm³/mol. The van der Waals surface area contributed by atoms with Gasteiger partial charge >= 0.3 is 0 Å². The molecule has 0 saturated carbocycles. The van der Waals surface area contributed by atoms with Gasteiger partial charge in [-0.15, -0.1) is 11.3 Å². The molecule has 2 atom stereocenters. The highest BCUT2D eigenvalue weighted by atomic mass is 79.9. The van der Waals surface area contributed by atoms with E-state index in [4.69, 9.17) is 0 Å². The molecule has 13 heavy (non-hydrogen) atoms. The van der Waals surface area contributed by atoms with Crippen LogP contribution in [0.1, 0.15) is 10.9 Å². The first-order chi connectivity index (χ1) is 6.25. The van der Waals surface area contributed by atoms with Crippen LogP contribution in [0.15, 0.2) is 15.9 Å². The van der Waals surface area contributed by atoms with Gasteiger partial charge in [-0.05, 0) is 28.1 Å². The fraction of sp³-hybridized carbons (Fsp3) is 0.500. The van der Waals surface area contributed by atoms with Crippen LogP contribution in [0.4, 0.5) is 0 Å². The van der Waals surface area contributed by atoms with Gasteiger partial charge in [0.2, 0.25) is 0 Å². The van der Waals surface area contributed by atoms with E-state index >= 15 is 0 Å². The van der Waals surface area contributed by atoms with E-state index in [1.807, 2.05) is 6.07 Å². The van der Waals surface area contributed by atoms with Gasteiger partial charge in [-0.3, -0.25) is 4.21 Å². The second kappa shape index (κ2) is 4.21. The van der Waals surface area contributed by atoms with Crippen LogP contribution in [0.25, 0.3) is 0 Å². The van der Waals surface area contributed by atoms with Gasteiger partial charge in [0.1, 0.15) is 0 Å². The number of hydrogen-bond donors (Lipinski definition) is 1. The summed E-state index contributed by atoms with van der Waals surface area (Å²) in [5, 5.41) is 3.38. The normalized spacial score (nSPS) is 29.0. The van der Waals surface area contributed by atoms with Gasteiger partial charge < -0.3 is 5.32 Å².